The summed E-state index contributed by atoms with van der Waals surface area (Å²) in [5.74, 6) is 1.41. The fraction of sp³-hybridized carbons (Fsp3) is 0.353. The molecule has 0 aliphatic carbocycles. The van der Waals surface area contributed by atoms with E-state index in [9.17, 15) is 0 Å². The van der Waals surface area contributed by atoms with Crippen molar-refractivity contribution in [1.29, 1.82) is 0 Å². The summed E-state index contributed by atoms with van der Waals surface area (Å²) in [6.45, 7) is 4.38. The maximum atomic E-state index is 6.20. The van der Waals surface area contributed by atoms with Crippen LogP contribution in [0.15, 0.2) is 46.9 Å². The normalized spacial score (nSPS) is 23.6. The highest BCUT2D eigenvalue weighted by molar-refractivity contribution is 7.12. The summed E-state index contributed by atoms with van der Waals surface area (Å²) in [6.07, 6.45) is 0.978. The molecule has 0 unspecified atom stereocenters. The smallest absolute Gasteiger partial charge is 0.190 e. The number of hydrogen-bond acceptors (Lipinski definition) is 4. The minimum Gasteiger partial charge on any atom is -0.468 e. The Morgan fingerprint density at radius 3 is 2.86 bits per heavy atom. The van der Waals surface area contributed by atoms with Crippen LogP contribution in [-0.4, -0.2) is 16.9 Å². The van der Waals surface area contributed by atoms with Crippen LogP contribution in [0.1, 0.15) is 36.8 Å². The summed E-state index contributed by atoms with van der Waals surface area (Å²) in [7, 11) is 0. The first kappa shape index (κ1) is 12.9. The Balaban J connectivity index is 1.76. The molecule has 2 atom stereocenters. The minimum atomic E-state index is 0.0161. The summed E-state index contributed by atoms with van der Waals surface area (Å²) in [4.78, 5) is 1.27. The van der Waals surface area contributed by atoms with Crippen LogP contribution in [0, 0.1) is 5.92 Å². The van der Waals surface area contributed by atoms with Crippen molar-refractivity contribution in [3.63, 3.8) is 0 Å². The molecule has 2 aromatic rings. The van der Waals surface area contributed by atoms with Crippen molar-refractivity contribution in [2.75, 3.05) is 0 Å². The average molecular weight is 298 g/mol. The molecule has 3 nitrogen and oxygen atoms in total. The van der Waals surface area contributed by atoms with Gasteiger partial charge in [0.15, 0.2) is 6.23 Å². The molecule has 0 radical (unpaired) electrons. The third-order valence-corrected chi connectivity index (χ3v) is 5.02. The average Bonchev–Trinajstić information content (AvgIpc) is 3.15. The predicted octanol–water partition coefficient (Wildman–Crippen LogP) is 4.27. The monoisotopic (exact) mass is 298 g/mol. The number of para-hydroxylation sites is 1. The summed E-state index contributed by atoms with van der Waals surface area (Å²) in [5, 5.41) is 9.17. The van der Waals surface area contributed by atoms with Crippen LogP contribution >= 0.6 is 11.3 Å². The number of hydrazone groups is 1. The third kappa shape index (κ3) is 2.05. The lowest BCUT2D eigenvalue weighted by molar-refractivity contribution is -0.0461. The molecule has 0 bridgehead atoms. The van der Waals surface area contributed by atoms with Crippen LogP contribution < -0.4 is 4.74 Å². The molecule has 4 rings (SSSR count). The highest BCUT2D eigenvalue weighted by Crippen LogP contribution is 2.44. The topological polar surface area (TPSA) is 24.8 Å². The number of benzene rings is 1. The van der Waals surface area contributed by atoms with E-state index in [0.717, 1.165) is 12.2 Å². The Morgan fingerprint density at radius 2 is 2.10 bits per heavy atom. The fourth-order valence-corrected chi connectivity index (χ4v) is 3.82. The summed E-state index contributed by atoms with van der Waals surface area (Å²) in [6, 6.07) is 12.9. The lowest BCUT2D eigenvalue weighted by atomic mass is 9.97. The summed E-state index contributed by atoms with van der Waals surface area (Å²) in [5.41, 5.74) is 2.44. The zero-order chi connectivity index (χ0) is 14.4. The molecule has 2 aliphatic rings. The number of nitrogens with zero attached hydrogens (tertiary/aromatic N) is 2. The Hall–Kier alpha value is -1.81. The Morgan fingerprint density at radius 1 is 1.24 bits per heavy atom. The van der Waals surface area contributed by atoms with E-state index in [1.165, 1.54) is 16.2 Å². The van der Waals surface area contributed by atoms with Crippen molar-refractivity contribution in [3.8, 4) is 5.75 Å². The third-order valence-electron chi connectivity index (χ3n) is 4.10. The van der Waals surface area contributed by atoms with Crippen molar-refractivity contribution in [2.45, 2.75) is 32.5 Å². The highest BCUT2D eigenvalue weighted by atomic mass is 32.1. The maximum Gasteiger partial charge on any atom is 0.190 e. The van der Waals surface area contributed by atoms with Crippen molar-refractivity contribution >= 4 is 17.0 Å². The van der Waals surface area contributed by atoms with Gasteiger partial charge in [-0.15, -0.1) is 11.3 Å². The van der Waals surface area contributed by atoms with Gasteiger partial charge in [0.05, 0.1) is 16.6 Å². The van der Waals surface area contributed by atoms with E-state index in [-0.39, 0.29) is 6.23 Å². The molecule has 1 aromatic carbocycles. The largest absolute Gasteiger partial charge is 0.468 e. The van der Waals surface area contributed by atoms with E-state index >= 15 is 0 Å². The van der Waals surface area contributed by atoms with Gasteiger partial charge in [-0.25, -0.2) is 5.01 Å². The van der Waals surface area contributed by atoms with Crippen LogP contribution in [-0.2, 0) is 0 Å². The Kier molecular flexibility index (Phi) is 3.00. The second-order valence-corrected chi connectivity index (χ2v) is 6.86. The number of hydrogen-bond donors (Lipinski definition) is 0. The molecule has 2 aliphatic heterocycles. The molecule has 0 N–H and O–H groups in total. The quantitative estimate of drug-likeness (QED) is 0.827. The first-order chi connectivity index (χ1) is 10.2. The number of rotatable bonds is 2. The lowest BCUT2D eigenvalue weighted by Gasteiger charge is -2.39. The van der Waals surface area contributed by atoms with Crippen LogP contribution in [0.5, 0.6) is 5.75 Å². The molecule has 108 valence electrons. The molecule has 3 heterocycles. The van der Waals surface area contributed by atoms with Crippen molar-refractivity contribution in [2.24, 2.45) is 11.0 Å². The standard InChI is InChI=1S/C17H18N2OS/c1-11(2)17-19-14(12-6-3-4-7-15(12)20-17)10-13(18-19)16-8-5-9-21-16/h3-9,11,14,17H,10H2,1-2H3/t14-,17+/m0/s1. The molecule has 4 heteroatoms. The van der Waals surface area contributed by atoms with Crippen LogP contribution in [0.2, 0.25) is 0 Å². The molecule has 21 heavy (non-hydrogen) atoms. The SMILES string of the molecule is CC(C)[C@H]1Oc2ccccc2[C@@H]2CC(c3cccs3)=NN12. The fourth-order valence-electron chi connectivity index (χ4n) is 3.09. The molecule has 0 saturated carbocycles. The highest BCUT2D eigenvalue weighted by Gasteiger charge is 2.41. The molecule has 0 saturated heterocycles. The first-order valence-electron chi connectivity index (χ1n) is 7.39. The van der Waals surface area contributed by atoms with E-state index < -0.39 is 0 Å². The van der Waals surface area contributed by atoms with Crippen LogP contribution in [0.3, 0.4) is 0 Å². The molecular formula is C17H18N2OS. The summed E-state index contributed by atoms with van der Waals surface area (Å²) >= 11 is 1.76. The van der Waals surface area contributed by atoms with Gasteiger partial charge in [0.2, 0.25) is 0 Å². The van der Waals surface area contributed by atoms with Gasteiger partial charge in [-0.3, -0.25) is 0 Å². The van der Waals surface area contributed by atoms with Crippen molar-refractivity contribution < 1.29 is 4.74 Å². The number of thiophene rings is 1. The van der Waals surface area contributed by atoms with E-state index in [2.05, 4.69) is 54.6 Å². The van der Waals surface area contributed by atoms with E-state index in [1.54, 1.807) is 11.3 Å². The number of ether oxygens (including phenoxy) is 1. The van der Waals surface area contributed by atoms with Crippen LogP contribution in [0.25, 0.3) is 0 Å². The zero-order valence-electron chi connectivity index (χ0n) is 12.2. The maximum absolute atomic E-state index is 6.20. The summed E-state index contributed by atoms with van der Waals surface area (Å²) < 4.78 is 6.20. The Labute approximate surface area is 128 Å². The van der Waals surface area contributed by atoms with Gasteiger partial charge < -0.3 is 4.74 Å². The molecule has 0 spiro atoms. The first-order valence-corrected chi connectivity index (χ1v) is 8.27. The predicted molar refractivity (Wildman–Crippen MR) is 85.7 cm³/mol. The van der Waals surface area contributed by atoms with Crippen LogP contribution in [0.4, 0.5) is 0 Å². The van der Waals surface area contributed by atoms with Gasteiger partial charge in [-0.1, -0.05) is 38.1 Å². The second-order valence-electron chi connectivity index (χ2n) is 5.91. The molecular weight excluding hydrogens is 280 g/mol. The van der Waals surface area contributed by atoms with E-state index in [4.69, 9.17) is 9.84 Å². The van der Waals surface area contributed by atoms with Gasteiger partial charge in [-0.2, -0.15) is 5.10 Å². The van der Waals surface area contributed by atoms with E-state index in [0.29, 0.717) is 12.0 Å². The van der Waals surface area contributed by atoms with Gasteiger partial charge in [0.25, 0.3) is 0 Å². The molecule has 0 fully saturated rings. The molecule has 0 amide bonds. The second kappa shape index (κ2) is 4.88. The minimum absolute atomic E-state index is 0.0161. The van der Waals surface area contributed by atoms with Gasteiger partial charge in [0.1, 0.15) is 5.75 Å². The van der Waals surface area contributed by atoms with Gasteiger partial charge in [-0.05, 0) is 17.5 Å². The molecule has 1 aromatic heterocycles. The number of fused-ring (bicyclic) bond motifs is 3. The van der Waals surface area contributed by atoms with Crippen molar-refractivity contribution in [3.05, 3.63) is 52.2 Å². The Bertz CT molecular complexity index is 678. The van der Waals surface area contributed by atoms with Gasteiger partial charge in [0, 0.05) is 17.9 Å². The van der Waals surface area contributed by atoms with Crippen molar-refractivity contribution in [1.82, 2.24) is 5.01 Å². The lowest BCUT2D eigenvalue weighted by Crippen LogP contribution is -2.43. The zero-order valence-corrected chi connectivity index (χ0v) is 13.0. The van der Waals surface area contributed by atoms with Gasteiger partial charge >= 0.3 is 0 Å². The van der Waals surface area contributed by atoms with E-state index in [1.807, 2.05) is 6.07 Å².